The van der Waals surface area contributed by atoms with Crippen LogP contribution < -0.4 is 0 Å². The number of hydrogen-bond acceptors (Lipinski definition) is 4. The first-order chi connectivity index (χ1) is 6.97. The number of carbonyl (C=O) groups is 1. The highest BCUT2D eigenvalue weighted by Gasteiger charge is 2.21. The smallest absolute Gasteiger partial charge is 0.296 e. The van der Waals surface area contributed by atoms with E-state index < -0.39 is 28.4 Å². The van der Waals surface area contributed by atoms with Gasteiger partial charge in [0.1, 0.15) is 5.69 Å². The molecule has 1 aromatic rings. The Morgan fingerprint density at radius 3 is 2.60 bits per heavy atom. The summed E-state index contributed by atoms with van der Waals surface area (Å²) in [7, 11) is 0. The molecule has 0 N–H and O–H groups in total. The minimum atomic E-state index is -2.86. The predicted molar refractivity (Wildman–Crippen MR) is 46.0 cm³/mol. The van der Waals surface area contributed by atoms with Crippen molar-refractivity contribution in [2.75, 3.05) is 0 Å². The van der Waals surface area contributed by atoms with Crippen molar-refractivity contribution in [2.24, 2.45) is 0 Å². The predicted octanol–water partition coefficient (Wildman–Crippen LogP) is 2.05. The number of rotatable bonds is 3. The molecule has 0 aromatic carbocycles. The van der Waals surface area contributed by atoms with E-state index in [1.54, 1.807) is 0 Å². The largest absolute Gasteiger partial charge is 0.298 e. The summed E-state index contributed by atoms with van der Waals surface area (Å²) in [5, 5.41) is 10.4. The van der Waals surface area contributed by atoms with E-state index in [9.17, 15) is 23.7 Å². The molecule has 0 fully saturated rings. The highest BCUT2D eigenvalue weighted by Crippen LogP contribution is 2.25. The Morgan fingerprint density at radius 1 is 1.60 bits per heavy atom. The van der Waals surface area contributed by atoms with Crippen LogP contribution in [0.1, 0.15) is 28.2 Å². The molecular weight excluding hydrogens is 210 g/mol. The Labute approximate surface area is 82.9 Å². The molecule has 0 saturated carbocycles. The number of hydrogen-bond donors (Lipinski definition) is 0. The number of aryl methyl sites for hydroxylation is 1. The zero-order chi connectivity index (χ0) is 11.6. The molecule has 0 aliphatic carbocycles. The molecule has 0 aliphatic rings. The van der Waals surface area contributed by atoms with Crippen molar-refractivity contribution in [1.29, 1.82) is 0 Å². The van der Waals surface area contributed by atoms with Crippen molar-refractivity contribution in [3.8, 4) is 0 Å². The minimum Gasteiger partial charge on any atom is -0.296 e. The minimum absolute atomic E-state index is 0.0118. The summed E-state index contributed by atoms with van der Waals surface area (Å²) in [4.78, 5) is 23.3. The second kappa shape index (κ2) is 4.07. The number of alkyl halides is 2. The summed E-state index contributed by atoms with van der Waals surface area (Å²) in [6.07, 6.45) is -2.77. The Hall–Kier alpha value is -1.92. The van der Waals surface area contributed by atoms with Crippen LogP contribution >= 0.6 is 0 Å². The highest BCUT2D eigenvalue weighted by atomic mass is 19.3. The van der Waals surface area contributed by atoms with Gasteiger partial charge in [-0.15, -0.1) is 0 Å². The third-order valence-electron chi connectivity index (χ3n) is 1.78. The van der Waals surface area contributed by atoms with Crippen LogP contribution in [0.2, 0.25) is 0 Å². The van der Waals surface area contributed by atoms with Gasteiger partial charge in [-0.2, -0.15) is 0 Å². The first-order valence-corrected chi connectivity index (χ1v) is 3.86. The normalized spacial score (nSPS) is 10.4. The van der Waals surface area contributed by atoms with Crippen molar-refractivity contribution in [3.63, 3.8) is 0 Å². The molecule has 80 valence electrons. The Balaban J connectivity index is 3.42. The van der Waals surface area contributed by atoms with Gasteiger partial charge in [-0.1, -0.05) is 0 Å². The molecule has 0 spiro atoms. The molecule has 0 bridgehead atoms. The summed E-state index contributed by atoms with van der Waals surface area (Å²) in [6, 6.07) is 0.915. The summed E-state index contributed by atoms with van der Waals surface area (Å²) < 4.78 is 24.7. The molecule has 1 rings (SSSR count). The van der Waals surface area contributed by atoms with Crippen LogP contribution in [-0.2, 0) is 0 Å². The van der Waals surface area contributed by atoms with E-state index in [0.717, 1.165) is 6.07 Å². The summed E-state index contributed by atoms with van der Waals surface area (Å²) >= 11 is 0. The summed E-state index contributed by atoms with van der Waals surface area (Å²) in [5.41, 5.74) is -1.77. The number of halogens is 2. The Morgan fingerprint density at radius 2 is 2.20 bits per heavy atom. The zero-order valence-corrected chi connectivity index (χ0v) is 7.61. The summed E-state index contributed by atoms with van der Waals surface area (Å²) in [6.45, 7) is 1.27. The van der Waals surface area contributed by atoms with E-state index in [-0.39, 0.29) is 11.8 Å². The summed E-state index contributed by atoms with van der Waals surface area (Å²) in [5.74, 6) is 0. The van der Waals surface area contributed by atoms with Crippen LogP contribution in [-0.4, -0.2) is 16.2 Å². The van der Waals surface area contributed by atoms with Crippen LogP contribution in [0.3, 0.4) is 0 Å². The number of carbonyl (C=O) groups excluding carboxylic acids is 1. The van der Waals surface area contributed by atoms with Gasteiger partial charge in [0.05, 0.1) is 4.92 Å². The van der Waals surface area contributed by atoms with Crippen LogP contribution in [0, 0.1) is 17.0 Å². The lowest BCUT2D eigenvalue weighted by Gasteiger charge is -2.04. The molecule has 1 aromatic heterocycles. The van der Waals surface area contributed by atoms with E-state index in [0.29, 0.717) is 0 Å². The molecule has 0 aliphatic heterocycles. The van der Waals surface area contributed by atoms with Gasteiger partial charge in [-0.25, -0.2) is 13.8 Å². The van der Waals surface area contributed by atoms with Gasteiger partial charge in [-0.3, -0.25) is 14.9 Å². The van der Waals surface area contributed by atoms with Gasteiger partial charge in [0.2, 0.25) is 0 Å². The average Bonchev–Trinajstić information content (AvgIpc) is 2.16. The molecule has 5 nitrogen and oxygen atoms in total. The van der Waals surface area contributed by atoms with Gasteiger partial charge in [0.15, 0.2) is 12.0 Å². The molecular formula is C8H6F2N2O3. The monoisotopic (exact) mass is 216 g/mol. The first kappa shape index (κ1) is 11.2. The molecule has 0 atom stereocenters. The number of aldehydes is 1. The third-order valence-corrected chi connectivity index (χ3v) is 1.78. The molecule has 15 heavy (non-hydrogen) atoms. The number of pyridine rings is 1. The van der Waals surface area contributed by atoms with Crippen molar-refractivity contribution in [2.45, 2.75) is 13.3 Å². The average molecular weight is 216 g/mol. The molecule has 0 unspecified atom stereocenters. The van der Waals surface area contributed by atoms with Crippen molar-refractivity contribution in [1.82, 2.24) is 4.98 Å². The van der Waals surface area contributed by atoms with Crippen LogP contribution in [0.25, 0.3) is 0 Å². The van der Waals surface area contributed by atoms with Crippen molar-refractivity contribution < 1.29 is 18.5 Å². The molecule has 0 amide bonds. The zero-order valence-electron chi connectivity index (χ0n) is 7.61. The first-order valence-electron chi connectivity index (χ1n) is 3.86. The van der Waals surface area contributed by atoms with Gasteiger partial charge in [-0.05, 0) is 12.5 Å². The lowest BCUT2D eigenvalue weighted by Crippen LogP contribution is -2.03. The van der Waals surface area contributed by atoms with E-state index in [4.69, 9.17) is 0 Å². The highest BCUT2D eigenvalue weighted by molar-refractivity contribution is 5.78. The molecule has 0 saturated heterocycles. The van der Waals surface area contributed by atoms with Gasteiger partial charge in [0, 0.05) is 6.07 Å². The molecule has 0 radical (unpaired) electrons. The third kappa shape index (κ3) is 2.12. The quantitative estimate of drug-likeness (QED) is 0.440. The van der Waals surface area contributed by atoms with E-state index in [1.807, 2.05) is 0 Å². The lowest BCUT2D eigenvalue weighted by atomic mass is 10.1. The number of aromatic nitrogens is 1. The molecule has 7 heteroatoms. The number of nitrogens with zero attached hydrogens (tertiary/aromatic N) is 2. The number of nitro groups is 1. The SMILES string of the molecule is Cc1cc([N+](=O)[O-])c(C=O)nc1C(F)F. The van der Waals surface area contributed by atoms with Gasteiger partial charge in [0.25, 0.3) is 12.1 Å². The van der Waals surface area contributed by atoms with Crippen LogP contribution in [0.4, 0.5) is 14.5 Å². The maximum Gasteiger partial charge on any atom is 0.298 e. The maximum absolute atomic E-state index is 12.3. The van der Waals surface area contributed by atoms with Crippen molar-refractivity contribution >= 4 is 12.0 Å². The van der Waals surface area contributed by atoms with Crippen LogP contribution in [0.15, 0.2) is 6.07 Å². The van der Waals surface area contributed by atoms with Gasteiger partial charge < -0.3 is 0 Å². The maximum atomic E-state index is 12.3. The fourth-order valence-electron chi connectivity index (χ4n) is 1.08. The fourth-order valence-corrected chi connectivity index (χ4v) is 1.08. The van der Waals surface area contributed by atoms with Crippen molar-refractivity contribution in [3.05, 3.63) is 33.1 Å². The van der Waals surface area contributed by atoms with E-state index in [1.165, 1.54) is 6.92 Å². The lowest BCUT2D eigenvalue weighted by molar-refractivity contribution is -0.385. The fraction of sp³-hybridized carbons (Fsp3) is 0.250. The molecule has 1 heterocycles. The topological polar surface area (TPSA) is 73.1 Å². The Kier molecular flexibility index (Phi) is 3.03. The standard InChI is InChI=1S/C8H6F2N2O3/c1-4-2-6(12(14)15)5(3-13)11-7(4)8(9)10/h2-3,8H,1H3. The second-order valence-corrected chi connectivity index (χ2v) is 2.77. The Bertz CT molecular complexity index is 421. The van der Waals surface area contributed by atoms with E-state index >= 15 is 0 Å². The van der Waals surface area contributed by atoms with Gasteiger partial charge >= 0.3 is 0 Å². The van der Waals surface area contributed by atoms with Crippen LogP contribution in [0.5, 0.6) is 0 Å². The second-order valence-electron chi connectivity index (χ2n) is 2.77. The van der Waals surface area contributed by atoms with E-state index in [2.05, 4.69) is 4.98 Å².